The van der Waals surface area contributed by atoms with E-state index in [1.165, 1.54) is 0 Å². The van der Waals surface area contributed by atoms with E-state index in [1.54, 1.807) is 23.1 Å². The molecule has 2 rings (SSSR count). The molecule has 0 aliphatic rings. The molecule has 0 radical (unpaired) electrons. The average molecular weight is 303 g/mol. The molecule has 104 valence electrons. The second-order valence-corrected chi connectivity index (χ2v) is 6.69. The predicted molar refractivity (Wildman–Crippen MR) is 85.0 cm³/mol. The number of benzene rings is 1. The van der Waals surface area contributed by atoms with Crippen LogP contribution in [-0.4, -0.2) is 17.8 Å². The van der Waals surface area contributed by atoms with Crippen LogP contribution in [0.4, 0.5) is 0 Å². The number of nitrogens with zero attached hydrogens (tertiary/aromatic N) is 2. The zero-order valence-corrected chi connectivity index (χ0v) is 13.2. The van der Waals surface area contributed by atoms with Gasteiger partial charge < -0.3 is 0 Å². The fraction of sp³-hybridized carbons (Fsp3) is 0.333. The Hall–Kier alpha value is -1.35. The van der Waals surface area contributed by atoms with Crippen molar-refractivity contribution in [3.63, 3.8) is 0 Å². The van der Waals surface area contributed by atoms with Crippen molar-refractivity contribution in [3.8, 4) is 6.07 Å². The number of hydrogen-bond donors (Lipinski definition) is 1. The molecule has 1 aromatic carbocycles. The first-order chi connectivity index (χ1) is 9.70. The van der Waals surface area contributed by atoms with Gasteiger partial charge in [-0.2, -0.15) is 5.26 Å². The van der Waals surface area contributed by atoms with Gasteiger partial charge in [-0.3, -0.25) is 5.32 Å². The van der Waals surface area contributed by atoms with Gasteiger partial charge in [0, 0.05) is 16.8 Å². The highest BCUT2D eigenvalue weighted by Gasteiger charge is 2.29. The smallest absolute Gasteiger partial charge is 0.150 e. The molecule has 1 N–H and O–H groups in total. The Labute approximate surface area is 128 Å². The van der Waals surface area contributed by atoms with E-state index in [1.807, 2.05) is 44.3 Å². The average Bonchev–Trinajstić information content (AvgIpc) is 2.90. The molecule has 0 saturated heterocycles. The lowest BCUT2D eigenvalue weighted by Gasteiger charge is -2.26. The zero-order valence-electron chi connectivity index (χ0n) is 11.6. The summed E-state index contributed by atoms with van der Waals surface area (Å²) < 4.78 is 1.07. The minimum absolute atomic E-state index is 0.624. The van der Waals surface area contributed by atoms with Crippen LogP contribution in [-0.2, 0) is 5.54 Å². The Morgan fingerprint density at radius 2 is 2.15 bits per heavy atom. The Morgan fingerprint density at radius 3 is 2.70 bits per heavy atom. The summed E-state index contributed by atoms with van der Waals surface area (Å²) in [6.45, 7) is 2.00. The van der Waals surface area contributed by atoms with Crippen LogP contribution in [0.3, 0.4) is 0 Å². The number of aromatic nitrogens is 1. The van der Waals surface area contributed by atoms with Crippen LogP contribution in [0.15, 0.2) is 40.1 Å². The predicted octanol–water partition coefficient (Wildman–Crippen LogP) is 3.57. The number of hydrogen-bond acceptors (Lipinski definition) is 5. The minimum atomic E-state index is -0.624. The fourth-order valence-electron chi connectivity index (χ4n) is 2.00. The quantitative estimate of drug-likeness (QED) is 0.829. The molecular weight excluding hydrogens is 286 g/mol. The van der Waals surface area contributed by atoms with Gasteiger partial charge in [-0.25, -0.2) is 4.98 Å². The third kappa shape index (κ3) is 3.40. The highest BCUT2D eigenvalue weighted by atomic mass is 32.2. The molecule has 3 nitrogen and oxygen atoms in total. The monoisotopic (exact) mass is 303 g/mol. The number of thiazole rings is 1. The van der Waals surface area contributed by atoms with Gasteiger partial charge in [-0.1, -0.05) is 42.1 Å². The van der Waals surface area contributed by atoms with Gasteiger partial charge in [-0.15, -0.1) is 11.3 Å². The summed E-state index contributed by atoms with van der Waals surface area (Å²) in [5, 5.41) is 14.8. The van der Waals surface area contributed by atoms with Crippen molar-refractivity contribution in [1.29, 1.82) is 5.26 Å². The Bertz CT molecular complexity index is 589. The van der Waals surface area contributed by atoms with E-state index in [9.17, 15) is 5.26 Å². The first-order valence-corrected chi connectivity index (χ1v) is 8.27. The number of nitrogens with one attached hydrogen (secondary N) is 1. The summed E-state index contributed by atoms with van der Waals surface area (Å²) >= 11 is 3.37. The molecule has 20 heavy (non-hydrogen) atoms. The standard InChI is InChI=1S/C15H17N3S2/c1-12-10-20-14(18-12)19-9-8-15(11-16,17-2)13-6-4-3-5-7-13/h3-7,10,17H,8-9H2,1-2H3. The van der Waals surface area contributed by atoms with Gasteiger partial charge in [0.15, 0.2) is 0 Å². The van der Waals surface area contributed by atoms with Crippen molar-refractivity contribution < 1.29 is 0 Å². The van der Waals surface area contributed by atoms with Crippen LogP contribution in [0.25, 0.3) is 0 Å². The fourth-order valence-corrected chi connectivity index (χ4v) is 3.98. The molecule has 1 heterocycles. The van der Waals surface area contributed by atoms with Gasteiger partial charge in [0.25, 0.3) is 0 Å². The number of thioether (sulfide) groups is 1. The van der Waals surface area contributed by atoms with E-state index in [0.717, 1.165) is 27.8 Å². The molecule has 0 aliphatic heterocycles. The minimum Gasteiger partial charge on any atom is -0.299 e. The first-order valence-electron chi connectivity index (χ1n) is 6.41. The largest absolute Gasteiger partial charge is 0.299 e. The Morgan fingerprint density at radius 1 is 1.40 bits per heavy atom. The van der Waals surface area contributed by atoms with Crippen molar-refractivity contribution in [2.24, 2.45) is 0 Å². The summed E-state index contributed by atoms with van der Waals surface area (Å²) in [5.74, 6) is 0.857. The molecule has 5 heteroatoms. The molecule has 0 spiro atoms. The SMILES string of the molecule is CNC(C#N)(CCSc1nc(C)cs1)c1ccccc1. The van der Waals surface area contributed by atoms with Crippen molar-refractivity contribution in [3.05, 3.63) is 47.0 Å². The molecule has 0 saturated carbocycles. The van der Waals surface area contributed by atoms with Crippen LogP contribution in [0.1, 0.15) is 17.7 Å². The molecule has 1 unspecified atom stereocenters. The molecule has 0 aliphatic carbocycles. The van der Waals surface area contributed by atoms with E-state index in [4.69, 9.17) is 0 Å². The maximum Gasteiger partial charge on any atom is 0.150 e. The lowest BCUT2D eigenvalue weighted by Crippen LogP contribution is -2.39. The van der Waals surface area contributed by atoms with E-state index < -0.39 is 5.54 Å². The van der Waals surface area contributed by atoms with Crippen LogP contribution >= 0.6 is 23.1 Å². The normalized spacial score (nSPS) is 13.7. The van der Waals surface area contributed by atoms with Gasteiger partial charge in [0.2, 0.25) is 0 Å². The van der Waals surface area contributed by atoms with Crippen molar-refractivity contribution in [2.75, 3.05) is 12.8 Å². The summed E-state index contributed by atoms with van der Waals surface area (Å²) in [7, 11) is 1.84. The van der Waals surface area contributed by atoms with Crippen molar-refractivity contribution in [2.45, 2.75) is 23.2 Å². The van der Waals surface area contributed by atoms with Gasteiger partial charge in [0.1, 0.15) is 9.88 Å². The number of aryl methyl sites for hydroxylation is 1. The third-order valence-electron chi connectivity index (χ3n) is 3.18. The molecular formula is C15H17N3S2. The van der Waals surface area contributed by atoms with Crippen LogP contribution in [0.5, 0.6) is 0 Å². The second kappa shape index (κ2) is 6.89. The lowest BCUT2D eigenvalue weighted by molar-refractivity contribution is 0.457. The van der Waals surface area contributed by atoms with Gasteiger partial charge >= 0.3 is 0 Å². The molecule has 0 fully saturated rings. The number of rotatable bonds is 6. The second-order valence-electron chi connectivity index (χ2n) is 4.49. The third-order valence-corrected chi connectivity index (χ3v) is 5.33. The zero-order chi connectivity index (χ0) is 14.4. The van der Waals surface area contributed by atoms with Gasteiger partial charge in [-0.05, 0) is 26.0 Å². The maximum absolute atomic E-state index is 9.60. The van der Waals surface area contributed by atoms with E-state index >= 15 is 0 Å². The molecule has 1 atom stereocenters. The first kappa shape index (κ1) is 15.0. The van der Waals surface area contributed by atoms with Crippen LogP contribution < -0.4 is 5.32 Å². The van der Waals surface area contributed by atoms with E-state index in [2.05, 4.69) is 21.8 Å². The Kier molecular flexibility index (Phi) is 5.18. The molecule has 2 aromatic rings. The summed E-state index contributed by atoms with van der Waals surface area (Å²) in [5.41, 5.74) is 1.45. The lowest BCUT2D eigenvalue weighted by atomic mass is 9.89. The Balaban J connectivity index is 2.05. The molecule has 1 aromatic heterocycles. The molecule has 0 bridgehead atoms. The summed E-state index contributed by atoms with van der Waals surface area (Å²) in [4.78, 5) is 4.43. The maximum atomic E-state index is 9.60. The highest BCUT2D eigenvalue weighted by molar-refractivity contribution is 8.01. The summed E-state index contributed by atoms with van der Waals surface area (Å²) in [6.07, 6.45) is 0.743. The summed E-state index contributed by atoms with van der Waals surface area (Å²) in [6, 6.07) is 12.3. The van der Waals surface area contributed by atoms with Crippen LogP contribution in [0.2, 0.25) is 0 Å². The topological polar surface area (TPSA) is 48.7 Å². The van der Waals surface area contributed by atoms with Crippen molar-refractivity contribution >= 4 is 23.1 Å². The highest BCUT2D eigenvalue weighted by Crippen LogP contribution is 2.29. The molecule has 0 amide bonds. The van der Waals surface area contributed by atoms with E-state index in [-0.39, 0.29) is 0 Å². The van der Waals surface area contributed by atoms with Crippen LogP contribution in [0, 0.1) is 18.3 Å². The number of nitriles is 1. The van der Waals surface area contributed by atoms with Gasteiger partial charge in [0.05, 0.1) is 6.07 Å². The van der Waals surface area contributed by atoms with E-state index in [0.29, 0.717) is 0 Å². The van der Waals surface area contributed by atoms with Crippen molar-refractivity contribution in [1.82, 2.24) is 10.3 Å².